The second-order valence-corrected chi connectivity index (χ2v) is 5.87. The Bertz CT molecular complexity index is 205. The van der Waals surface area contributed by atoms with Crippen LogP contribution in [0.2, 0.25) is 0 Å². The van der Waals surface area contributed by atoms with Crippen molar-refractivity contribution >= 4 is 10.8 Å². The Morgan fingerprint density at radius 1 is 1.06 bits per heavy atom. The molecule has 0 saturated carbocycles. The first-order valence-corrected chi connectivity index (χ1v) is 7.98. The Balaban J connectivity index is 3.05. The normalized spacial score (nSPS) is 14.6. The van der Waals surface area contributed by atoms with E-state index in [9.17, 15) is 4.21 Å². The lowest BCUT2D eigenvalue weighted by molar-refractivity contribution is 0.0256. The summed E-state index contributed by atoms with van der Waals surface area (Å²) >= 11 is 0. The van der Waals surface area contributed by atoms with E-state index in [1.807, 2.05) is 6.92 Å². The highest BCUT2D eigenvalue weighted by Gasteiger charge is 2.04. The largest absolute Gasteiger partial charge is 0.382 e. The van der Waals surface area contributed by atoms with Crippen molar-refractivity contribution in [1.29, 1.82) is 0 Å². The molecule has 0 aliphatic heterocycles. The maximum atomic E-state index is 11.1. The molecule has 0 fully saturated rings. The van der Waals surface area contributed by atoms with E-state index in [-0.39, 0.29) is 5.25 Å². The van der Waals surface area contributed by atoms with Crippen LogP contribution >= 0.6 is 0 Å². The van der Waals surface area contributed by atoms with Crippen molar-refractivity contribution < 1.29 is 18.4 Å². The lowest BCUT2D eigenvalue weighted by Crippen LogP contribution is -2.25. The third-order valence-corrected chi connectivity index (χ3v) is 3.89. The van der Waals surface area contributed by atoms with Crippen LogP contribution in [0.1, 0.15) is 13.3 Å². The van der Waals surface area contributed by atoms with Gasteiger partial charge in [-0.1, -0.05) is 6.92 Å². The molecule has 0 aliphatic rings. The van der Waals surface area contributed by atoms with Crippen LogP contribution in [-0.2, 0) is 25.0 Å². The molecular formula is C12H27NO4S. The molecule has 0 aliphatic carbocycles. The summed E-state index contributed by atoms with van der Waals surface area (Å²) in [7, 11) is 0.930. The molecular weight excluding hydrogens is 254 g/mol. The third kappa shape index (κ3) is 12.4. The molecule has 0 bridgehead atoms. The van der Waals surface area contributed by atoms with Gasteiger partial charge in [0.05, 0.1) is 33.0 Å². The standard InChI is InChI=1S/C12H27NO4S/c1-12(18(3)14)4-5-13-6-7-16-10-11-17-9-8-15-2/h12-13H,4-11H2,1-3H3. The molecule has 0 radical (unpaired) electrons. The van der Waals surface area contributed by atoms with Crippen LogP contribution in [0.3, 0.4) is 0 Å². The van der Waals surface area contributed by atoms with Gasteiger partial charge in [0.25, 0.3) is 0 Å². The summed E-state index contributed by atoms with van der Waals surface area (Å²) in [4.78, 5) is 0. The predicted octanol–water partition coefficient (Wildman–Crippen LogP) is 0.413. The van der Waals surface area contributed by atoms with Crippen molar-refractivity contribution in [3.05, 3.63) is 0 Å². The zero-order valence-electron chi connectivity index (χ0n) is 11.8. The maximum absolute atomic E-state index is 11.1. The fourth-order valence-electron chi connectivity index (χ4n) is 1.20. The Morgan fingerprint density at radius 2 is 1.67 bits per heavy atom. The van der Waals surface area contributed by atoms with Crippen LogP contribution in [0.25, 0.3) is 0 Å². The second kappa shape index (κ2) is 13.4. The monoisotopic (exact) mass is 281 g/mol. The first kappa shape index (κ1) is 18.0. The number of ether oxygens (including phenoxy) is 3. The fraction of sp³-hybridized carbons (Fsp3) is 1.00. The zero-order valence-corrected chi connectivity index (χ0v) is 12.6. The minimum atomic E-state index is -0.723. The molecule has 2 unspecified atom stereocenters. The van der Waals surface area contributed by atoms with E-state index in [1.54, 1.807) is 13.4 Å². The van der Waals surface area contributed by atoms with Gasteiger partial charge >= 0.3 is 0 Å². The van der Waals surface area contributed by atoms with Gasteiger partial charge in [-0.2, -0.15) is 0 Å². The molecule has 0 spiro atoms. The Kier molecular flexibility index (Phi) is 13.4. The van der Waals surface area contributed by atoms with Crippen LogP contribution < -0.4 is 5.32 Å². The second-order valence-electron chi connectivity index (χ2n) is 4.07. The van der Waals surface area contributed by atoms with Gasteiger partial charge in [-0.3, -0.25) is 4.21 Å². The van der Waals surface area contributed by atoms with Crippen molar-refractivity contribution in [3.63, 3.8) is 0 Å². The zero-order chi connectivity index (χ0) is 13.6. The Hall–Kier alpha value is -0.0100. The average molecular weight is 281 g/mol. The van der Waals surface area contributed by atoms with E-state index < -0.39 is 10.8 Å². The topological polar surface area (TPSA) is 56.8 Å². The van der Waals surface area contributed by atoms with Crippen LogP contribution in [0.4, 0.5) is 0 Å². The van der Waals surface area contributed by atoms with Gasteiger partial charge in [0.15, 0.2) is 0 Å². The van der Waals surface area contributed by atoms with Crippen molar-refractivity contribution in [2.75, 3.05) is 59.5 Å². The van der Waals surface area contributed by atoms with E-state index in [2.05, 4.69) is 5.32 Å². The van der Waals surface area contributed by atoms with Gasteiger partial charge in [0.1, 0.15) is 0 Å². The molecule has 0 aromatic heterocycles. The summed E-state index contributed by atoms with van der Waals surface area (Å²) < 4.78 is 26.6. The Labute approximate surface area is 113 Å². The molecule has 18 heavy (non-hydrogen) atoms. The van der Waals surface area contributed by atoms with Gasteiger partial charge in [0, 0.05) is 36.0 Å². The molecule has 0 saturated heterocycles. The molecule has 2 atom stereocenters. The summed E-state index contributed by atoms with van der Waals surface area (Å²) in [6.45, 7) is 6.84. The van der Waals surface area contributed by atoms with E-state index in [1.165, 1.54) is 0 Å². The van der Waals surface area contributed by atoms with Gasteiger partial charge < -0.3 is 19.5 Å². The summed E-state index contributed by atoms with van der Waals surface area (Å²) in [6, 6.07) is 0. The fourth-order valence-corrected chi connectivity index (χ4v) is 1.65. The molecule has 5 nitrogen and oxygen atoms in total. The van der Waals surface area contributed by atoms with Crippen molar-refractivity contribution in [1.82, 2.24) is 5.32 Å². The lowest BCUT2D eigenvalue weighted by atomic mass is 10.3. The minimum absolute atomic E-state index is 0.257. The molecule has 0 rings (SSSR count). The molecule has 0 amide bonds. The predicted molar refractivity (Wildman–Crippen MR) is 74.5 cm³/mol. The third-order valence-electron chi connectivity index (χ3n) is 2.52. The van der Waals surface area contributed by atoms with Crippen molar-refractivity contribution in [2.24, 2.45) is 0 Å². The van der Waals surface area contributed by atoms with Gasteiger partial charge in [-0.25, -0.2) is 0 Å². The number of methoxy groups -OCH3 is 1. The van der Waals surface area contributed by atoms with Gasteiger partial charge in [-0.15, -0.1) is 0 Å². The van der Waals surface area contributed by atoms with Gasteiger partial charge in [-0.05, 0) is 13.0 Å². The van der Waals surface area contributed by atoms with Gasteiger partial charge in [0.2, 0.25) is 0 Å². The van der Waals surface area contributed by atoms with Crippen LogP contribution in [0.15, 0.2) is 0 Å². The molecule has 1 N–H and O–H groups in total. The molecule has 0 aromatic carbocycles. The lowest BCUT2D eigenvalue weighted by Gasteiger charge is -2.09. The number of hydrogen-bond acceptors (Lipinski definition) is 5. The number of rotatable bonds is 13. The average Bonchev–Trinajstić information content (AvgIpc) is 2.35. The molecule has 0 aromatic rings. The van der Waals surface area contributed by atoms with Crippen LogP contribution in [0, 0.1) is 0 Å². The van der Waals surface area contributed by atoms with Crippen LogP contribution in [0.5, 0.6) is 0 Å². The first-order valence-electron chi connectivity index (χ1n) is 6.35. The number of hydrogen-bond donors (Lipinski definition) is 1. The van der Waals surface area contributed by atoms with E-state index in [4.69, 9.17) is 14.2 Å². The van der Waals surface area contributed by atoms with E-state index >= 15 is 0 Å². The maximum Gasteiger partial charge on any atom is 0.0701 e. The molecule has 6 heteroatoms. The van der Waals surface area contributed by atoms with Crippen molar-refractivity contribution in [2.45, 2.75) is 18.6 Å². The highest BCUT2D eigenvalue weighted by Crippen LogP contribution is 1.96. The summed E-state index contributed by atoms with van der Waals surface area (Å²) in [5.41, 5.74) is 0. The van der Waals surface area contributed by atoms with E-state index in [0.717, 1.165) is 19.5 Å². The molecule has 0 heterocycles. The number of nitrogens with one attached hydrogen (secondary N) is 1. The van der Waals surface area contributed by atoms with Crippen LogP contribution in [-0.4, -0.2) is 68.9 Å². The highest BCUT2D eigenvalue weighted by molar-refractivity contribution is 7.84. The van der Waals surface area contributed by atoms with E-state index in [0.29, 0.717) is 33.0 Å². The molecule has 110 valence electrons. The smallest absolute Gasteiger partial charge is 0.0701 e. The van der Waals surface area contributed by atoms with Crippen molar-refractivity contribution in [3.8, 4) is 0 Å². The summed E-state index contributed by atoms with van der Waals surface area (Å²) in [5, 5.41) is 3.52. The summed E-state index contributed by atoms with van der Waals surface area (Å²) in [6.07, 6.45) is 2.68. The summed E-state index contributed by atoms with van der Waals surface area (Å²) in [5.74, 6) is 0. The quantitative estimate of drug-likeness (QED) is 0.496. The first-order chi connectivity index (χ1) is 8.68. The minimum Gasteiger partial charge on any atom is -0.382 e. The SMILES string of the molecule is COCCOCCOCCNCCC(C)S(C)=O. The highest BCUT2D eigenvalue weighted by atomic mass is 32.2. The Morgan fingerprint density at radius 3 is 2.28 bits per heavy atom.